The molecule has 0 atom stereocenters. The highest BCUT2D eigenvalue weighted by Crippen LogP contribution is 2.27. The number of carbonyl (C=O) groups excluding carboxylic acids is 2. The Labute approximate surface area is 167 Å². The average molecular weight is 400 g/mol. The zero-order valence-electron chi connectivity index (χ0n) is 15.3. The summed E-state index contributed by atoms with van der Waals surface area (Å²) in [6, 6.07) is 13.1. The molecule has 28 heavy (non-hydrogen) atoms. The van der Waals surface area contributed by atoms with Crippen molar-refractivity contribution >= 4 is 34.9 Å². The predicted molar refractivity (Wildman–Crippen MR) is 106 cm³/mol. The molecule has 2 N–H and O–H groups in total. The van der Waals surface area contributed by atoms with Crippen LogP contribution in [0.1, 0.15) is 17.3 Å². The summed E-state index contributed by atoms with van der Waals surface area (Å²) in [6.45, 7) is 1.89. The molecule has 1 amide bonds. The van der Waals surface area contributed by atoms with Gasteiger partial charge in [-0.1, -0.05) is 23.7 Å². The number of anilines is 2. The molecule has 0 spiro atoms. The van der Waals surface area contributed by atoms with Gasteiger partial charge >= 0.3 is 5.97 Å². The Morgan fingerprint density at radius 2 is 2.00 bits per heavy atom. The van der Waals surface area contributed by atoms with Gasteiger partial charge < -0.3 is 20.1 Å². The lowest BCUT2D eigenvalue weighted by atomic mass is 10.1. The largest absolute Gasteiger partial charge is 0.495 e. The van der Waals surface area contributed by atoms with E-state index in [2.05, 4.69) is 10.6 Å². The number of esters is 1. The van der Waals surface area contributed by atoms with Gasteiger partial charge in [-0.2, -0.15) is 5.26 Å². The van der Waals surface area contributed by atoms with Crippen LogP contribution >= 0.6 is 11.6 Å². The van der Waals surface area contributed by atoms with Crippen LogP contribution in [-0.2, 0) is 9.53 Å². The summed E-state index contributed by atoms with van der Waals surface area (Å²) >= 11 is 6.05. The van der Waals surface area contributed by atoms with E-state index >= 15 is 0 Å². The summed E-state index contributed by atoms with van der Waals surface area (Å²) in [4.78, 5) is 24.4. The highest BCUT2D eigenvalue weighted by molar-refractivity contribution is 6.32. The molecule has 0 unspecified atom stereocenters. The third-order valence-corrected chi connectivity index (χ3v) is 3.87. The Bertz CT molecular complexity index is 951. The first-order valence-electron chi connectivity index (χ1n) is 8.28. The summed E-state index contributed by atoms with van der Waals surface area (Å²) in [5.74, 6) is -0.733. The van der Waals surface area contributed by atoms with Gasteiger partial charge in [-0.25, -0.2) is 4.79 Å². The number of nitrogens with zero attached hydrogens (tertiary/aromatic N) is 1. The minimum absolute atomic E-state index is 0.189. The highest BCUT2D eigenvalue weighted by atomic mass is 35.5. The van der Waals surface area contributed by atoms with E-state index in [1.807, 2.05) is 6.07 Å². The fourth-order valence-electron chi connectivity index (χ4n) is 2.23. The van der Waals surface area contributed by atoms with E-state index < -0.39 is 11.9 Å². The molecule has 0 radical (unpaired) electrons. The van der Waals surface area contributed by atoms with Gasteiger partial charge in [0, 0.05) is 11.9 Å². The third-order valence-electron chi connectivity index (χ3n) is 3.57. The second-order valence-corrected chi connectivity index (χ2v) is 5.79. The van der Waals surface area contributed by atoms with Crippen LogP contribution in [0, 0.1) is 11.3 Å². The molecule has 0 aliphatic heterocycles. The van der Waals surface area contributed by atoms with Gasteiger partial charge in [-0.15, -0.1) is 0 Å². The molecule has 7 nitrogen and oxygen atoms in total. The fraction of sp³-hybridized carbons (Fsp3) is 0.150. The fourth-order valence-corrected chi connectivity index (χ4v) is 2.49. The number of para-hydroxylation sites is 1. The van der Waals surface area contributed by atoms with Crippen molar-refractivity contribution < 1.29 is 19.1 Å². The van der Waals surface area contributed by atoms with Gasteiger partial charge in [0.2, 0.25) is 0 Å². The average Bonchev–Trinajstić information content (AvgIpc) is 2.69. The van der Waals surface area contributed by atoms with Crippen LogP contribution in [0.4, 0.5) is 11.4 Å². The minimum atomic E-state index is -0.675. The Morgan fingerprint density at radius 3 is 2.64 bits per heavy atom. The lowest BCUT2D eigenvalue weighted by Crippen LogP contribution is -2.17. The van der Waals surface area contributed by atoms with Crippen LogP contribution in [-0.4, -0.2) is 25.6 Å². The zero-order chi connectivity index (χ0) is 20.5. The van der Waals surface area contributed by atoms with Crippen LogP contribution in [0.2, 0.25) is 5.02 Å². The Balaban J connectivity index is 2.16. The maximum absolute atomic E-state index is 12.4. The molecule has 0 aliphatic rings. The van der Waals surface area contributed by atoms with Gasteiger partial charge in [0.05, 0.1) is 30.0 Å². The molecule has 8 heteroatoms. The van der Waals surface area contributed by atoms with E-state index in [-0.39, 0.29) is 23.4 Å². The van der Waals surface area contributed by atoms with E-state index in [1.54, 1.807) is 43.3 Å². The van der Waals surface area contributed by atoms with Crippen molar-refractivity contribution in [3.63, 3.8) is 0 Å². The molecular formula is C20H18ClN3O4. The van der Waals surface area contributed by atoms with Crippen molar-refractivity contribution in [3.8, 4) is 11.8 Å². The van der Waals surface area contributed by atoms with Crippen molar-refractivity contribution in [2.24, 2.45) is 0 Å². The smallest absolute Gasteiger partial charge is 0.340 e. The Hall–Kier alpha value is -3.50. The third kappa shape index (κ3) is 5.25. The summed E-state index contributed by atoms with van der Waals surface area (Å²) in [6.07, 6.45) is 1.25. The molecule has 2 aromatic rings. The van der Waals surface area contributed by atoms with Gasteiger partial charge in [-0.05, 0) is 37.3 Å². The first-order chi connectivity index (χ1) is 13.5. The second-order valence-electron chi connectivity index (χ2n) is 5.38. The molecule has 0 fully saturated rings. The normalized spacial score (nSPS) is 10.6. The van der Waals surface area contributed by atoms with Crippen molar-refractivity contribution in [3.05, 3.63) is 64.8 Å². The number of carbonyl (C=O) groups is 2. The number of hydrogen-bond acceptors (Lipinski definition) is 6. The van der Waals surface area contributed by atoms with Crippen LogP contribution in [0.3, 0.4) is 0 Å². The lowest BCUT2D eigenvalue weighted by Gasteiger charge is -2.10. The van der Waals surface area contributed by atoms with Gasteiger partial charge in [0.25, 0.3) is 5.91 Å². The van der Waals surface area contributed by atoms with Gasteiger partial charge in [0.1, 0.15) is 17.4 Å². The number of hydrogen-bond donors (Lipinski definition) is 2. The molecule has 0 saturated carbocycles. The number of halogens is 1. The number of benzene rings is 2. The number of methoxy groups -OCH3 is 1. The Morgan fingerprint density at radius 1 is 1.25 bits per heavy atom. The number of rotatable bonds is 7. The van der Waals surface area contributed by atoms with Crippen LogP contribution in [0.15, 0.2) is 54.2 Å². The molecule has 2 rings (SSSR count). The van der Waals surface area contributed by atoms with Crippen molar-refractivity contribution in [1.29, 1.82) is 5.26 Å². The quantitative estimate of drug-likeness (QED) is 0.415. The predicted octanol–water partition coefficient (Wildman–Crippen LogP) is 3.98. The summed E-state index contributed by atoms with van der Waals surface area (Å²) < 4.78 is 10.0. The molecule has 0 bridgehead atoms. The summed E-state index contributed by atoms with van der Waals surface area (Å²) in [5, 5.41) is 15.1. The lowest BCUT2D eigenvalue weighted by molar-refractivity contribution is -0.112. The van der Waals surface area contributed by atoms with E-state index in [9.17, 15) is 14.9 Å². The maximum atomic E-state index is 12.4. The topological polar surface area (TPSA) is 100 Å². The Kier molecular flexibility index (Phi) is 7.43. The van der Waals surface area contributed by atoms with Crippen LogP contribution < -0.4 is 15.4 Å². The van der Waals surface area contributed by atoms with Crippen molar-refractivity contribution in [1.82, 2.24) is 0 Å². The first-order valence-corrected chi connectivity index (χ1v) is 8.65. The summed E-state index contributed by atoms with van der Waals surface area (Å²) in [5.41, 5.74) is 0.827. The second kappa shape index (κ2) is 10.00. The molecule has 0 aromatic heterocycles. The molecular weight excluding hydrogens is 382 g/mol. The SMILES string of the molecule is CCOC(=O)c1ccccc1NC(=O)/C(C#N)=C\Nc1ccc(OC)c(Cl)c1. The van der Waals surface area contributed by atoms with E-state index in [0.29, 0.717) is 16.5 Å². The van der Waals surface area contributed by atoms with Crippen molar-refractivity contribution in [2.75, 3.05) is 24.4 Å². The van der Waals surface area contributed by atoms with Crippen LogP contribution in [0.25, 0.3) is 0 Å². The first kappa shape index (κ1) is 20.8. The van der Waals surface area contributed by atoms with E-state index in [0.717, 1.165) is 0 Å². The number of nitriles is 1. The maximum Gasteiger partial charge on any atom is 0.340 e. The monoisotopic (exact) mass is 399 g/mol. The van der Waals surface area contributed by atoms with Gasteiger partial charge in [0.15, 0.2) is 0 Å². The molecule has 0 heterocycles. The van der Waals surface area contributed by atoms with E-state index in [4.69, 9.17) is 21.1 Å². The summed E-state index contributed by atoms with van der Waals surface area (Å²) in [7, 11) is 1.50. The number of nitrogens with one attached hydrogen (secondary N) is 2. The molecule has 0 saturated heterocycles. The molecule has 144 valence electrons. The highest BCUT2D eigenvalue weighted by Gasteiger charge is 2.16. The zero-order valence-corrected chi connectivity index (χ0v) is 16.0. The van der Waals surface area contributed by atoms with Crippen LogP contribution in [0.5, 0.6) is 5.75 Å². The van der Waals surface area contributed by atoms with Gasteiger partial charge in [-0.3, -0.25) is 4.79 Å². The molecule has 2 aromatic carbocycles. The number of ether oxygens (including phenoxy) is 2. The standard InChI is InChI=1S/C20H18ClN3O4/c1-3-28-20(26)15-6-4-5-7-17(15)24-19(25)13(11-22)12-23-14-8-9-18(27-2)16(21)10-14/h4-10,12,23H,3H2,1-2H3,(H,24,25)/b13-12-. The van der Waals surface area contributed by atoms with Crippen molar-refractivity contribution in [2.45, 2.75) is 6.92 Å². The van der Waals surface area contributed by atoms with E-state index in [1.165, 1.54) is 19.4 Å². The number of amides is 1. The minimum Gasteiger partial charge on any atom is -0.495 e. The molecule has 0 aliphatic carbocycles.